The molecule has 0 radical (unpaired) electrons. The second-order valence-corrected chi connectivity index (χ2v) is 5.59. The van der Waals surface area contributed by atoms with Crippen LogP contribution in [0.25, 0.3) is 0 Å². The van der Waals surface area contributed by atoms with Crippen LogP contribution in [0.15, 0.2) is 29.2 Å². The Morgan fingerprint density at radius 2 is 1.95 bits per heavy atom. The molecule has 1 aromatic rings. The molecule has 0 heterocycles. The summed E-state index contributed by atoms with van der Waals surface area (Å²) in [5, 5.41) is 2.69. The molecule has 1 rings (SSSR count). The second-order valence-electron chi connectivity index (χ2n) is 4.52. The van der Waals surface area contributed by atoms with Crippen LogP contribution in [0.4, 0.5) is 14.5 Å². The summed E-state index contributed by atoms with van der Waals surface area (Å²) in [6.07, 6.45) is 1.39. The number of carbonyl (C=O) groups is 1. The van der Waals surface area contributed by atoms with Crippen LogP contribution in [0, 0.1) is 0 Å². The second kappa shape index (κ2) is 8.44. The fraction of sp³-hybridized carbons (Fsp3) is 0.462. The van der Waals surface area contributed by atoms with Crippen molar-refractivity contribution < 1.29 is 13.6 Å². The lowest BCUT2D eigenvalue weighted by Crippen LogP contribution is -2.48. The van der Waals surface area contributed by atoms with E-state index in [9.17, 15) is 13.6 Å². The van der Waals surface area contributed by atoms with Gasteiger partial charge in [0, 0.05) is 10.6 Å². The first-order chi connectivity index (χ1) is 8.85. The molecule has 20 heavy (non-hydrogen) atoms. The third-order valence-electron chi connectivity index (χ3n) is 2.63. The van der Waals surface area contributed by atoms with Gasteiger partial charge in [0.15, 0.2) is 0 Å². The Labute approximate surface area is 128 Å². The highest BCUT2D eigenvalue weighted by molar-refractivity contribution is 7.99. The summed E-state index contributed by atoms with van der Waals surface area (Å²) in [7, 11) is 0. The van der Waals surface area contributed by atoms with E-state index in [4.69, 9.17) is 5.73 Å². The molecule has 0 saturated heterocycles. The summed E-state index contributed by atoms with van der Waals surface area (Å²) in [4.78, 5) is 12.4. The minimum Gasteiger partial charge on any atom is -0.325 e. The SMILES string of the molecule is CCCC(C)(N)C(=O)Nc1ccc(SC(F)F)cc1.Cl. The predicted molar refractivity (Wildman–Crippen MR) is 81.7 cm³/mol. The number of nitrogens with one attached hydrogen (secondary N) is 1. The minimum absolute atomic E-state index is 0. The first-order valence-corrected chi connectivity index (χ1v) is 6.88. The van der Waals surface area contributed by atoms with Gasteiger partial charge in [0.2, 0.25) is 5.91 Å². The zero-order valence-corrected chi connectivity index (χ0v) is 13.0. The summed E-state index contributed by atoms with van der Waals surface area (Å²) < 4.78 is 24.3. The molecule has 0 aliphatic rings. The maximum atomic E-state index is 12.1. The fourth-order valence-electron chi connectivity index (χ4n) is 1.63. The molecule has 0 fully saturated rings. The molecule has 0 saturated carbocycles. The lowest BCUT2D eigenvalue weighted by atomic mass is 9.96. The lowest BCUT2D eigenvalue weighted by Gasteiger charge is -2.22. The maximum absolute atomic E-state index is 12.1. The van der Waals surface area contributed by atoms with E-state index < -0.39 is 11.3 Å². The van der Waals surface area contributed by atoms with E-state index in [0.29, 0.717) is 28.8 Å². The molecule has 1 amide bonds. The van der Waals surface area contributed by atoms with Gasteiger partial charge in [-0.05, 0) is 37.6 Å². The lowest BCUT2D eigenvalue weighted by molar-refractivity contribution is -0.120. The van der Waals surface area contributed by atoms with Gasteiger partial charge in [-0.3, -0.25) is 4.79 Å². The molecule has 0 aliphatic heterocycles. The van der Waals surface area contributed by atoms with E-state index in [1.165, 1.54) is 0 Å². The topological polar surface area (TPSA) is 55.1 Å². The van der Waals surface area contributed by atoms with Crippen molar-refractivity contribution in [3.8, 4) is 0 Å². The van der Waals surface area contributed by atoms with Gasteiger partial charge in [-0.15, -0.1) is 12.4 Å². The Balaban J connectivity index is 0.00000361. The summed E-state index contributed by atoms with van der Waals surface area (Å²) in [5.41, 5.74) is 5.53. The molecule has 3 nitrogen and oxygen atoms in total. The minimum atomic E-state index is -2.45. The van der Waals surface area contributed by atoms with Crippen molar-refractivity contribution in [3.05, 3.63) is 24.3 Å². The Morgan fingerprint density at radius 1 is 1.40 bits per heavy atom. The molecule has 1 atom stereocenters. The molecule has 0 aliphatic carbocycles. The van der Waals surface area contributed by atoms with Gasteiger partial charge >= 0.3 is 0 Å². The van der Waals surface area contributed by atoms with Crippen molar-refractivity contribution in [3.63, 3.8) is 0 Å². The van der Waals surface area contributed by atoms with Gasteiger partial charge in [0.25, 0.3) is 5.76 Å². The van der Waals surface area contributed by atoms with Crippen molar-refractivity contribution in [2.75, 3.05) is 5.32 Å². The van der Waals surface area contributed by atoms with E-state index in [2.05, 4.69) is 5.32 Å². The molecular weight excluding hydrogens is 306 g/mol. The number of rotatable bonds is 6. The monoisotopic (exact) mass is 324 g/mol. The highest BCUT2D eigenvalue weighted by Gasteiger charge is 2.27. The highest BCUT2D eigenvalue weighted by Crippen LogP contribution is 2.26. The smallest absolute Gasteiger partial charge is 0.288 e. The Bertz CT molecular complexity index is 427. The number of anilines is 1. The molecule has 114 valence electrons. The van der Waals surface area contributed by atoms with Crippen LogP contribution in [0.5, 0.6) is 0 Å². The Morgan fingerprint density at radius 3 is 2.40 bits per heavy atom. The number of benzene rings is 1. The summed E-state index contributed by atoms with van der Waals surface area (Å²) in [5.74, 6) is -2.72. The predicted octanol–water partition coefficient (Wildman–Crippen LogP) is 3.88. The van der Waals surface area contributed by atoms with Crippen LogP contribution in [0.2, 0.25) is 0 Å². The van der Waals surface area contributed by atoms with E-state index in [1.807, 2.05) is 6.92 Å². The summed E-state index contributed by atoms with van der Waals surface area (Å²) in [6, 6.07) is 6.26. The van der Waals surface area contributed by atoms with Crippen molar-refractivity contribution in [2.24, 2.45) is 5.73 Å². The van der Waals surface area contributed by atoms with E-state index in [0.717, 1.165) is 6.42 Å². The molecule has 1 aromatic carbocycles. The number of thioether (sulfide) groups is 1. The summed E-state index contributed by atoms with van der Waals surface area (Å²) in [6.45, 7) is 3.63. The van der Waals surface area contributed by atoms with Crippen LogP contribution in [-0.4, -0.2) is 17.2 Å². The van der Waals surface area contributed by atoms with Crippen molar-refractivity contribution >= 4 is 35.8 Å². The average Bonchev–Trinajstić information content (AvgIpc) is 2.30. The van der Waals surface area contributed by atoms with Crippen LogP contribution >= 0.6 is 24.2 Å². The molecule has 0 aromatic heterocycles. The number of hydrogen-bond donors (Lipinski definition) is 2. The first kappa shape index (κ1) is 19.1. The molecular formula is C13H19ClF2N2OS. The average molecular weight is 325 g/mol. The van der Waals surface area contributed by atoms with E-state index >= 15 is 0 Å². The Kier molecular flexibility index (Phi) is 8.08. The van der Waals surface area contributed by atoms with Crippen LogP contribution in [-0.2, 0) is 4.79 Å². The Hall–Kier alpha value is -0.850. The zero-order chi connectivity index (χ0) is 14.5. The van der Waals surface area contributed by atoms with Gasteiger partial charge in [0.1, 0.15) is 0 Å². The molecule has 7 heteroatoms. The zero-order valence-electron chi connectivity index (χ0n) is 11.4. The van der Waals surface area contributed by atoms with Crippen molar-refractivity contribution in [1.29, 1.82) is 0 Å². The van der Waals surface area contributed by atoms with Crippen LogP contribution in [0.1, 0.15) is 26.7 Å². The first-order valence-electron chi connectivity index (χ1n) is 6.00. The number of halogens is 3. The quantitative estimate of drug-likeness (QED) is 0.781. The highest BCUT2D eigenvalue weighted by atomic mass is 35.5. The molecule has 1 unspecified atom stereocenters. The third-order valence-corrected chi connectivity index (χ3v) is 3.35. The number of hydrogen-bond acceptors (Lipinski definition) is 3. The third kappa shape index (κ3) is 6.07. The molecule has 0 spiro atoms. The van der Waals surface area contributed by atoms with E-state index in [1.54, 1.807) is 31.2 Å². The van der Waals surface area contributed by atoms with Crippen molar-refractivity contribution in [1.82, 2.24) is 0 Å². The van der Waals surface area contributed by atoms with Gasteiger partial charge in [0.05, 0.1) is 5.54 Å². The fourth-order valence-corrected chi connectivity index (χ4v) is 2.13. The summed E-state index contributed by atoms with van der Waals surface area (Å²) >= 11 is 0.469. The number of amides is 1. The number of carbonyl (C=O) groups excluding carboxylic acids is 1. The van der Waals surface area contributed by atoms with Crippen LogP contribution in [0.3, 0.4) is 0 Å². The van der Waals surface area contributed by atoms with Crippen molar-refractivity contribution in [2.45, 2.75) is 42.9 Å². The van der Waals surface area contributed by atoms with Gasteiger partial charge in [-0.25, -0.2) is 0 Å². The molecule has 3 N–H and O–H groups in total. The number of nitrogens with two attached hydrogens (primary N) is 1. The molecule has 0 bridgehead atoms. The number of alkyl halides is 2. The van der Waals surface area contributed by atoms with Gasteiger partial charge in [-0.2, -0.15) is 8.78 Å². The van der Waals surface area contributed by atoms with Gasteiger partial charge < -0.3 is 11.1 Å². The van der Waals surface area contributed by atoms with E-state index in [-0.39, 0.29) is 18.3 Å². The van der Waals surface area contributed by atoms with Crippen LogP contribution < -0.4 is 11.1 Å². The normalized spacial score (nSPS) is 13.5. The van der Waals surface area contributed by atoms with Gasteiger partial charge in [-0.1, -0.05) is 25.1 Å². The maximum Gasteiger partial charge on any atom is 0.288 e. The largest absolute Gasteiger partial charge is 0.325 e. The standard InChI is InChI=1S/C13H18F2N2OS.ClH/c1-3-8-13(2,16)11(18)17-9-4-6-10(7-5-9)19-12(14)15;/h4-7,12H,3,8,16H2,1-2H3,(H,17,18);1H.